The topological polar surface area (TPSA) is 119 Å². The fourth-order valence-electron chi connectivity index (χ4n) is 2.66. The van der Waals surface area contributed by atoms with Gasteiger partial charge in [0.25, 0.3) is 5.56 Å². The molecule has 1 aromatic carbocycles. The molecule has 0 unspecified atom stereocenters. The van der Waals surface area contributed by atoms with Crippen molar-refractivity contribution in [1.82, 2.24) is 20.3 Å². The van der Waals surface area contributed by atoms with E-state index in [1.54, 1.807) is 0 Å². The summed E-state index contributed by atoms with van der Waals surface area (Å²) in [6.07, 6.45) is 1.87. The van der Waals surface area contributed by atoms with Gasteiger partial charge in [-0.15, -0.1) is 11.3 Å². The average molecular weight is 416 g/mol. The van der Waals surface area contributed by atoms with Gasteiger partial charge in [0.05, 0.1) is 11.1 Å². The third-order valence-corrected chi connectivity index (χ3v) is 6.02. The lowest BCUT2D eigenvalue weighted by molar-refractivity contribution is -0.117. The maximum absolute atomic E-state index is 12.8. The first-order chi connectivity index (χ1) is 13.5. The number of nitrogens with zero attached hydrogens (tertiary/aromatic N) is 2. The number of rotatable bonds is 5. The molecule has 3 amide bonds. The van der Waals surface area contributed by atoms with Gasteiger partial charge in [0.2, 0.25) is 5.91 Å². The zero-order valence-electron chi connectivity index (χ0n) is 14.7. The number of urea groups is 1. The van der Waals surface area contributed by atoms with E-state index in [1.165, 1.54) is 11.3 Å². The van der Waals surface area contributed by atoms with Gasteiger partial charge in [0.1, 0.15) is 4.83 Å². The van der Waals surface area contributed by atoms with Crippen molar-refractivity contribution in [3.05, 3.63) is 46.1 Å². The number of nitrogens with one attached hydrogen (secondary N) is 2. The second-order valence-electron chi connectivity index (χ2n) is 6.35. The van der Waals surface area contributed by atoms with Crippen molar-refractivity contribution in [3.8, 4) is 11.1 Å². The van der Waals surface area contributed by atoms with Crippen LogP contribution in [0.1, 0.15) is 12.8 Å². The van der Waals surface area contributed by atoms with E-state index in [0.717, 1.165) is 40.4 Å². The van der Waals surface area contributed by atoms with E-state index in [4.69, 9.17) is 5.84 Å². The normalized spacial score (nSPS) is 13.4. The van der Waals surface area contributed by atoms with Gasteiger partial charge in [-0.25, -0.2) is 14.5 Å². The van der Waals surface area contributed by atoms with Gasteiger partial charge in [-0.1, -0.05) is 42.1 Å². The summed E-state index contributed by atoms with van der Waals surface area (Å²) < 4.78 is 0.948. The van der Waals surface area contributed by atoms with E-state index >= 15 is 0 Å². The van der Waals surface area contributed by atoms with Crippen LogP contribution in [-0.4, -0.2) is 33.4 Å². The summed E-state index contributed by atoms with van der Waals surface area (Å²) in [4.78, 5) is 41.3. The highest BCUT2D eigenvalue weighted by Crippen LogP contribution is 2.31. The number of benzene rings is 1. The van der Waals surface area contributed by atoms with Crippen LogP contribution in [0.3, 0.4) is 0 Å². The van der Waals surface area contributed by atoms with E-state index in [-0.39, 0.29) is 22.5 Å². The van der Waals surface area contributed by atoms with Gasteiger partial charge in [0.15, 0.2) is 5.16 Å². The molecule has 28 heavy (non-hydrogen) atoms. The summed E-state index contributed by atoms with van der Waals surface area (Å²) in [5.41, 5.74) is 1.32. The number of thiophene rings is 1. The highest BCUT2D eigenvalue weighted by Gasteiger charge is 2.24. The largest absolute Gasteiger partial charge is 0.335 e. The second-order valence-corrected chi connectivity index (χ2v) is 8.15. The molecule has 0 saturated heterocycles. The van der Waals surface area contributed by atoms with Crippen LogP contribution in [0.4, 0.5) is 4.79 Å². The summed E-state index contributed by atoms with van der Waals surface area (Å²) in [7, 11) is 0. The van der Waals surface area contributed by atoms with Crippen molar-refractivity contribution in [2.45, 2.75) is 24.0 Å². The Kier molecular flexibility index (Phi) is 5.05. The van der Waals surface area contributed by atoms with Crippen molar-refractivity contribution in [2.24, 2.45) is 0 Å². The Morgan fingerprint density at radius 3 is 2.75 bits per heavy atom. The predicted molar refractivity (Wildman–Crippen MR) is 110 cm³/mol. The molecular weight excluding hydrogens is 398 g/mol. The van der Waals surface area contributed by atoms with Gasteiger partial charge in [0, 0.05) is 17.0 Å². The van der Waals surface area contributed by atoms with Crippen LogP contribution in [0.25, 0.3) is 21.3 Å². The number of fused-ring (bicyclic) bond motifs is 1. The van der Waals surface area contributed by atoms with Gasteiger partial charge in [-0.3, -0.25) is 14.9 Å². The van der Waals surface area contributed by atoms with Crippen LogP contribution < -0.4 is 22.0 Å². The van der Waals surface area contributed by atoms with Crippen molar-refractivity contribution in [2.75, 3.05) is 11.6 Å². The molecule has 0 spiro atoms. The number of imide groups is 1. The highest BCUT2D eigenvalue weighted by atomic mass is 32.2. The fraction of sp³-hybridized carbons (Fsp3) is 0.222. The van der Waals surface area contributed by atoms with Gasteiger partial charge >= 0.3 is 6.03 Å². The van der Waals surface area contributed by atoms with Crippen LogP contribution in [0.5, 0.6) is 0 Å². The maximum Gasteiger partial charge on any atom is 0.321 e. The molecule has 0 radical (unpaired) electrons. The lowest BCUT2D eigenvalue weighted by atomic mass is 10.1. The molecule has 4 rings (SSSR count). The summed E-state index contributed by atoms with van der Waals surface area (Å²) >= 11 is 2.35. The molecule has 4 N–H and O–H groups in total. The van der Waals surface area contributed by atoms with Crippen molar-refractivity contribution in [3.63, 3.8) is 0 Å². The number of aromatic nitrogens is 2. The molecule has 1 aliphatic rings. The number of carbonyl (C=O) groups excluding carboxylic acids is 2. The quantitative estimate of drug-likeness (QED) is 0.333. The average Bonchev–Trinajstić information content (AvgIpc) is 3.39. The van der Waals surface area contributed by atoms with Crippen molar-refractivity contribution in [1.29, 1.82) is 0 Å². The molecule has 8 nitrogen and oxygen atoms in total. The number of nitrogens with two attached hydrogens (primary N) is 1. The van der Waals surface area contributed by atoms with Crippen LogP contribution in [0, 0.1) is 0 Å². The molecule has 2 heterocycles. The number of thioether (sulfide) groups is 1. The van der Waals surface area contributed by atoms with Gasteiger partial charge in [-0.2, -0.15) is 0 Å². The van der Waals surface area contributed by atoms with Crippen molar-refractivity contribution >= 4 is 45.3 Å². The van der Waals surface area contributed by atoms with E-state index in [1.807, 2.05) is 35.7 Å². The first-order valence-corrected chi connectivity index (χ1v) is 10.5. The minimum atomic E-state index is -0.507. The number of nitrogen functional groups attached to an aromatic ring is 1. The highest BCUT2D eigenvalue weighted by molar-refractivity contribution is 7.99. The fourth-order valence-corrected chi connectivity index (χ4v) is 4.36. The van der Waals surface area contributed by atoms with E-state index < -0.39 is 11.9 Å². The third-order valence-electron chi connectivity index (χ3n) is 4.19. The smallest absolute Gasteiger partial charge is 0.321 e. The zero-order chi connectivity index (χ0) is 19.7. The Hall–Kier alpha value is -2.85. The molecule has 1 aliphatic carbocycles. The first kappa shape index (κ1) is 18.5. The first-order valence-electron chi connectivity index (χ1n) is 8.61. The lowest BCUT2D eigenvalue weighted by Gasteiger charge is -2.08. The molecule has 144 valence electrons. The molecular formula is C18H17N5O3S2. The molecule has 1 fully saturated rings. The van der Waals surface area contributed by atoms with Crippen LogP contribution in [0.15, 0.2) is 45.7 Å². The second kappa shape index (κ2) is 7.64. The summed E-state index contributed by atoms with van der Waals surface area (Å²) in [6, 6.07) is 9.19. The predicted octanol–water partition coefficient (Wildman–Crippen LogP) is 1.92. The summed E-state index contributed by atoms with van der Waals surface area (Å²) in [5.74, 6) is 5.37. The number of amides is 3. The lowest BCUT2D eigenvalue weighted by Crippen LogP contribution is -2.41. The third kappa shape index (κ3) is 3.87. The summed E-state index contributed by atoms with van der Waals surface area (Å²) in [6.45, 7) is 0. The Morgan fingerprint density at radius 1 is 1.29 bits per heavy atom. The SMILES string of the molecule is Nn1c(SCC(=O)NC(=O)NC2CC2)nc2scc(-c3ccccc3)c2c1=O. The van der Waals surface area contributed by atoms with E-state index in [0.29, 0.717) is 10.2 Å². The molecule has 2 aromatic heterocycles. The molecule has 10 heteroatoms. The molecule has 0 bridgehead atoms. The Bertz CT molecular complexity index is 1110. The van der Waals surface area contributed by atoms with Crippen molar-refractivity contribution < 1.29 is 9.59 Å². The monoisotopic (exact) mass is 415 g/mol. The molecule has 3 aromatic rings. The van der Waals surface area contributed by atoms with Gasteiger partial charge in [-0.05, 0) is 18.4 Å². The number of hydrogen-bond acceptors (Lipinski definition) is 7. The zero-order valence-corrected chi connectivity index (χ0v) is 16.3. The van der Waals surface area contributed by atoms with Crippen LogP contribution in [0.2, 0.25) is 0 Å². The number of carbonyl (C=O) groups is 2. The molecule has 0 atom stereocenters. The Labute approximate surface area is 168 Å². The van der Waals surface area contributed by atoms with Crippen LogP contribution in [-0.2, 0) is 4.79 Å². The number of hydrogen-bond donors (Lipinski definition) is 3. The molecule has 1 saturated carbocycles. The maximum atomic E-state index is 12.8. The Balaban J connectivity index is 1.52. The Morgan fingerprint density at radius 2 is 2.04 bits per heavy atom. The van der Waals surface area contributed by atoms with Gasteiger partial charge < -0.3 is 11.2 Å². The molecule has 0 aliphatic heterocycles. The van der Waals surface area contributed by atoms with E-state index in [2.05, 4.69) is 15.6 Å². The standard InChI is InChI=1S/C18H17N5O3S2/c19-23-16(25)14-12(10-4-2-1-3-5-10)8-27-15(14)22-18(23)28-9-13(24)21-17(26)20-11-6-7-11/h1-5,8,11H,6-7,9,19H2,(H2,20,21,24,26). The minimum absolute atomic E-state index is 0.0792. The minimum Gasteiger partial charge on any atom is -0.335 e. The van der Waals surface area contributed by atoms with Crippen LogP contribution >= 0.6 is 23.1 Å². The van der Waals surface area contributed by atoms with E-state index in [9.17, 15) is 14.4 Å². The summed E-state index contributed by atoms with van der Waals surface area (Å²) in [5, 5.41) is 7.47.